The van der Waals surface area contributed by atoms with Crippen LogP contribution in [0, 0.1) is 0 Å². The first kappa shape index (κ1) is 14.8. The lowest BCUT2D eigenvalue weighted by Gasteiger charge is -2.15. The lowest BCUT2D eigenvalue weighted by Crippen LogP contribution is -2.31. The predicted octanol–water partition coefficient (Wildman–Crippen LogP) is 3.82. The Morgan fingerprint density at radius 3 is 2.65 bits per heavy atom. The Hall–Kier alpha value is -3.08. The smallest absolute Gasteiger partial charge is 0.319 e. The molecule has 1 aromatic heterocycles. The summed E-state index contributed by atoms with van der Waals surface area (Å²) in [5.41, 5.74) is 1.79. The Morgan fingerprint density at radius 1 is 1.09 bits per heavy atom. The third-order valence-corrected chi connectivity index (χ3v) is 3.64. The van der Waals surface area contributed by atoms with Gasteiger partial charge >= 0.3 is 6.03 Å². The molecule has 0 bridgehead atoms. The van der Waals surface area contributed by atoms with E-state index < -0.39 is 0 Å². The van der Waals surface area contributed by atoms with Crippen molar-refractivity contribution in [1.82, 2.24) is 10.3 Å². The zero-order valence-corrected chi connectivity index (χ0v) is 12.7. The van der Waals surface area contributed by atoms with E-state index in [2.05, 4.69) is 15.6 Å². The molecule has 0 saturated carbocycles. The van der Waals surface area contributed by atoms with Crippen LogP contribution in [-0.2, 0) is 0 Å². The summed E-state index contributed by atoms with van der Waals surface area (Å²) in [4.78, 5) is 16.3. The minimum absolute atomic E-state index is 0.0365. The molecule has 5 heteroatoms. The minimum Gasteiger partial charge on any atom is -0.504 e. The van der Waals surface area contributed by atoms with Gasteiger partial charge in [-0.2, -0.15) is 0 Å². The number of phenols is 1. The van der Waals surface area contributed by atoms with Crippen LogP contribution in [0.25, 0.3) is 10.9 Å². The van der Waals surface area contributed by atoms with Gasteiger partial charge in [0.05, 0.1) is 11.7 Å². The van der Waals surface area contributed by atoms with Crippen molar-refractivity contribution in [2.75, 3.05) is 5.32 Å². The number of benzene rings is 2. The molecule has 0 aliphatic heterocycles. The van der Waals surface area contributed by atoms with Gasteiger partial charge in [-0.15, -0.1) is 0 Å². The van der Waals surface area contributed by atoms with E-state index in [1.165, 1.54) is 0 Å². The Bertz CT molecular complexity index is 834. The maximum atomic E-state index is 12.1. The Kier molecular flexibility index (Phi) is 4.10. The second-order valence-electron chi connectivity index (χ2n) is 5.27. The first-order chi connectivity index (χ1) is 11.1. The number of urea groups is 1. The summed E-state index contributed by atoms with van der Waals surface area (Å²) in [5.74, 6) is -0.0365. The standard InChI is InChI=1S/C18H17N3O2/c1-12(13-6-3-2-4-7-13)20-18(23)21-15-10-9-14-8-5-11-19-16(14)17(15)22/h2-12,22H,1H3,(H2,20,21,23)/t12-/m0/s1. The number of carbonyl (C=O) groups is 1. The van der Waals surface area contributed by atoms with Crippen LogP contribution in [0.1, 0.15) is 18.5 Å². The maximum Gasteiger partial charge on any atom is 0.319 e. The molecule has 0 aliphatic carbocycles. The largest absolute Gasteiger partial charge is 0.504 e. The lowest BCUT2D eigenvalue weighted by molar-refractivity contribution is 0.249. The number of aromatic hydroxyl groups is 1. The third kappa shape index (κ3) is 3.23. The first-order valence-electron chi connectivity index (χ1n) is 7.34. The summed E-state index contributed by atoms with van der Waals surface area (Å²) < 4.78 is 0. The van der Waals surface area contributed by atoms with E-state index in [0.717, 1.165) is 10.9 Å². The fraction of sp³-hybridized carbons (Fsp3) is 0.111. The van der Waals surface area contributed by atoms with Gasteiger partial charge in [0.1, 0.15) is 5.52 Å². The number of aromatic nitrogens is 1. The molecule has 2 amide bonds. The molecule has 3 aromatic rings. The number of hydrogen-bond acceptors (Lipinski definition) is 3. The molecule has 23 heavy (non-hydrogen) atoms. The topological polar surface area (TPSA) is 74.2 Å². The van der Waals surface area contributed by atoms with Crippen molar-refractivity contribution in [3.63, 3.8) is 0 Å². The van der Waals surface area contributed by atoms with E-state index >= 15 is 0 Å². The fourth-order valence-corrected chi connectivity index (χ4v) is 2.41. The highest BCUT2D eigenvalue weighted by molar-refractivity contribution is 5.97. The monoisotopic (exact) mass is 307 g/mol. The van der Waals surface area contributed by atoms with Crippen molar-refractivity contribution < 1.29 is 9.90 Å². The van der Waals surface area contributed by atoms with Gasteiger partial charge in [-0.3, -0.25) is 4.98 Å². The van der Waals surface area contributed by atoms with Gasteiger partial charge in [0.15, 0.2) is 5.75 Å². The van der Waals surface area contributed by atoms with Gasteiger partial charge in [-0.1, -0.05) is 42.5 Å². The van der Waals surface area contributed by atoms with Crippen molar-refractivity contribution >= 4 is 22.6 Å². The fourth-order valence-electron chi connectivity index (χ4n) is 2.41. The van der Waals surface area contributed by atoms with E-state index in [-0.39, 0.29) is 17.8 Å². The second kappa shape index (κ2) is 6.36. The number of anilines is 1. The lowest BCUT2D eigenvalue weighted by atomic mass is 10.1. The minimum atomic E-state index is -0.382. The van der Waals surface area contributed by atoms with Crippen LogP contribution < -0.4 is 10.6 Å². The summed E-state index contributed by atoms with van der Waals surface area (Å²) >= 11 is 0. The SMILES string of the molecule is C[C@H](NC(=O)Nc1ccc2cccnc2c1O)c1ccccc1. The molecule has 3 N–H and O–H groups in total. The van der Waals surface area contributed by atoms with Gasteiger partial charge in [-0.05, 0) is 24.6 Å². The Labute approximate surface area is 134 Å². The number of hydrogen-bond donors (Lipinski definition) is 3. The van der Waals surface area contributed by atoms with Crippen molar-refractivity contribution in [2.45, 2.75) is 13.0 Å². The van der Waals surface area contributed by atoms with Crippen LogP contribution in [0.3, 0.4) is 0 Å². The number of phenolic OH excluding ortho intramolecular Hbond substituents is 1. The van der Waals surface area contributed by atoms with Gasteiger partial charge < -0.3 is 15.7 Å². The molecule has 0 unspecified atom stereocenters. The van der Waals surface area contributed by atoms with E-state index in [1.54, 1.807) is 24.4 Å². The molecule has 0 spiro atoms. The quantitative estimate of drug-likeness (QED) is 0.644. The molecular weight excluding hydrogens is 290 g/mol. The van der Waals surface area contributed by atoms with Crippen LogP contribution in [0.5, 0.6) is 5.75 Å². The maximum absolute atomic E-state index is 12.1. The first-order valence-corrected chi connectivity index (χ1v) is 7.34. The van der Waals surface area contributed by atoms with Crippen LogP contribution in [0.2, 0.25) is 0 Å². The zero-order chi connectivity index (χ0) is 16.2. The number of rotatable bonds is 3. The highest BCUT2D eigenvalue weighted by Crippen LogP contribution is 2.30. The molecule has 5 nitrogen and oxygen atoms in total. The normalized spacial score (nSPS) is 11.9. The average Bonchev–Trinajstić information content (AvgIpc) is 2.58. The molecule has 2 aromatic carbocycles. The van der Waals surface area contributed by atoms with Crippen LogP contribution >= 0.6 is 0 Å². The van der Waals surface area contributed by atoms with Gasteiger partial charge in [-0.25, -0.2) is 4.79 Å². The van der Waals surface area contributed by atoms with E-state index in [1.807, 2.05) is 43.3 Å². The average molecular weight is 307 g/mol. The molecule has 0 aliphatic rings. The third-order valence-electron chi connectivity index (χ3n) is 3.64. The predicted molar refractivity (Wildman–Crippen MR) is 90.4 cm³/mol. The summed E-state index contributed by atoms with van der Waals surface area (Å²) in [6.45, 7) is 1.90. The molecule has 0 fully saturated rings. The van der Waals surface area contributed by atoms with Crippen LogP contribution in [0.15, 0.2) is 60.8 Å². The summed E-state index contributed by atoms with van der Waals surface area (Å²) in [6, 6.07) is 16.3. The molecule has 1 heterocycles. The number of fused-ring (bicyclic) bond motifs is 1. The van der Waals surface area contributed by atoms with E-state index in [9.17, 15) is 9.90 Å². The van der Waals surface area contributed by atoms with Crippen LogP contribution in [-0.4, -0.2) is 16.1 Å². The Morgan fingerprint density at radius 2 is 1.87 bits per heavy atom. The summed E-state index contributed by atoms with van der Waals surface area (Å²) in [5, 5.41) is 16.6. The number of nitrogens with one attached hydrogen (secondary N) is 2. The molecule has 0 saturated heterocycles. The summed E-state index contributed by atoms with van der Waals surface area (Å²) in [6.07, 6.45) is 1.60. The van der Waals surface area contributed by atoms with Gasteiger partial charge in [0.2, 0.25) is 0 Å². The van der Waals surface area contributed by atoms with Crippen molar-refractivity contribution in [2.24, 2.45) is 0 Å². The van der Waals surface area contributed by atoms with Crippen LogP contribution in [0.4, 0.5) is 10.5 Å². The van der Waals surface area contributed by atoms with Crippen molar-refractivity contribution in [3.8, 4) is 5.75 Å². The van der Waals surface area contributed by atoms with Crippen molar-refractivity contribution in [3.05, 3.63) is 66.4 Å². The van der Waals surface area contributed by atoms with Gasteiger partial charge in [0, 0.05) is 11.6 Å². The number of carbonyl (C=O) groups excluding carboxylic acids is 1. The second-order valence-corrected chi connectivity index (χ2v) is 5.27. The van der Waals surface area contributed by atoms with Crippen molar-refractivity contribution in [1.29, 1.82) is 0 Å². The molecule has 3 rings (SSSR count). The highest BCUT2D eigenvalue weighted by atomic mass is 16.3. The summed E-state index contributed by atoms with van der Waals surface area (Å²) in [7, 11) is 0. The van der Waals surface area contributed by atoms with Gasteiger partial charge in [0.25, 0.3) is 0 Å². The van der Waals surface area contributed by atoms with E-state index in [4.69, 9.17) is 0 Å². The zero-order valence-electron chi connectivity index (χ0n) is 12.7. The highest BCUT2D eigenvalue weighted by Gasteiger charge is 2.12. The molecule has 1 atom stereocenters. The molecule has 0 radical (unpaired) electrons. The molecular formula is C18H17N3O2. The number of pyridine rings is 1. The Balaban J connectivity index is 1.74. The molecule has 116 valence electrons. The number of amides is 2. The number of nitrogens with zero attached hydrogens (tertiary/aromatic N) is 1. The van der Waals surface area contributed by atoms with E-state index in [0.29, 0.717) is 11.2 Å².